The van der Waals surface area contributed by atoms with Crippen molar-refractivity contribution in [2.45, 2.75) is 34.1 Å². The lowest BCUT2D eigenvalue weighted by Crippen LogP contribution is -1.85. The van der Waals surface area contributed by atoms with Gasteiger partial charge in [-0.05, 0) is 31.5 Å². The molecule has 1 aromatic heterocycles. The van der Waals surface area contributed by atoms with Gasteiger partial charge in [-0.15, -0.1) is 0 Å². The summed E-state index contributed by atoms with van der Waals surface area (Å²) in [5.74, 6) is 2.36. The van der Waals surface area contributed by atoms with E-state index in [1.165, 1.54) is 0 Å². The van der Waals surface area contributed by atoms with Crippen LogP contribution in [-0.2, 0) is 6.42 Å². The van der Waals surface area contributed by atoms with E-state index in [0.29, 0.717) is 5.89 Å². The Morgan fingerprint density at radius 1 is 1.28 bits per heavy atom. The van der Waals surface area contributed by atoms with Gasteiger partial charge < -0.3 is 9.15 Å². The number of nitrogens with zero attached hydrogens (tertiary/aromatic N) is 1. The first-order valence-electron chi connectivity index (χ1n) is 6.35. The predicted molar refractivity (Wildman–Crippen MR) is 74.0 cm³/mol. The van der Waals surface area contributed by atoms with E-state index in [-0.39, 0.29) is 0 Å². The molecular weight excluding hydrogens is 226 g/mol. The molecule has 0 amide bonds. The van der Waals surface area contributed by atoms with Gasteiger partial charge >= 0.3 is 0 Å². The Labute approximate surface area is 109 Å². The molecule has 1 heterocycles. The number of aromatic nitrogens is 1. The van der Waals surface area contributed by atoms with Gasteiger partial charge in [-0.25, -0.2) is 4.98 Å². The number of benzene rings is 1. The molecule has 98 valence electrons. The molecule has 0 radical (unpaired) electrons. The molecule has 2 rings (SSSR count). The average Bonchev–Trinajstić information content (AvgIpc) is 2.82. The van der Waals surface area contributed by atoms with Gasteiger partial charge in [-0.2, -0.15) is 0 Å². The standard InChI is InChI=1S/C13H15NO2.C2H6/c1-4-12-9(2)16-13(14-12)10-6-5-7-11(8-10)15-3;1-2/h5-8H,4H2,1-3H3;1-2H3. The highest BCUT2D eigenvalue weighted by molar-refractivity contribution is 5.56. The van der Waals surface area contributed by atoms with Gasteiger partial charge in [0.15, 0.2) is 0 Å². The summed E-state index contributed by atoms with van der Waals surface area (Å²) < 4.78 is 10.8. The highest BCUT2D eigenvalue weighted by atomic mass is 16.5. The topological polar surface area (TPSA) is 35.3 Å². The summed E-state index contributed by atoms with van der Waals surface area (Å²) in [6.07, 6.45) is 0.888. The fourth-order valence-corrected chi connectivity index (χ4v) is 1.64. The molecule has 0 fully saturated rings. The summed E-state index contributed by atoms with van der Waals surface area (Å²) in [4.78, 5) is 4.45. The van der Waals surface area contributed by atoms with Gasteiger partial charge in [0.2, 0.25) is 5.89 Å². The van der Waals surface area contributed by atoms with Crippen molar-refractivity contribution in [2.24, 2.45) is 0 Å². The second-order valence-corrected chi connectivity index (χ2v) is 3.61. The number of hydrogen-bond donors (Lipinski definition) is 0. The highest BCUT2D eigenvalue weighted by Gasteiger charge is 2.10. The van der Waals surface area contributed by atoms with Crippen LogP contribution in [0.25, 0.3) is 11.5 Å². The van der Waals surface area contributed by atoms with E-state index in [9.17, 15) is 0 Å². The minimum Gasteiger partial charge on any atom is -0.497 e. The Bertz CT molecular complexity index is 489. The first kappa shape index (κ1) is 14.3. The third kappa shape index (κ3) is 3.13. The summed E-state index contributed by atoms with van der Waals surface area (Å²) in [5, 5.41) is 0. The number of aryl methyl sites for hydroxylation is 2. The molecule has 0 aliphatic carbocycles. The van der Waals surface area contributed by atoms with Gasteiger partial charge in [-0.1, -0.05) is 26.8 Å². The molecule has 1 aromatic carbocycles. The molecular formula is C15H21NO2. The molecule has 0 saturated carbocycles. The van der Waals surface area contributed by atoms with Crippen LogP contribution in [0.1, 0.15) is 32.2 Å². The lowest BCUT2D eigenvalue weighted by atomic mass is 10.2. The van der Waals surface area contributed by atoms with Crippen molar-refractivity contribution >= 4 is 0 Å². The van der Waals surface area contributed by atoms with Crippen LogP contribution in [0.5, 0.6) is 5.75 Å². The highest BCUT2D eigenvalue weighted by Crippen LogP contribution is 2.25. The predicted octanol–water partition coefficient (Wildman–Crippen LogP) is 4.25. The zero-order valence-electron chi connectivity index (χ0n) is 11.8. The number of methoxy groups -OCH3 is 1. The molecule has 0 saturated heterocycles. The maximum absolute atomic E-state index is 5.62. The number of ether oxygens (including phenoxy) is 1. The van der Waals surface area contributed by atoms with Crippen molar-refractivity contribution in [3.8, 4) is 17.2 Å². The third-order valence-electron chi connectivity index (χ3n) is 2.54. The first-order chi connectivity index (χ1) is 8.74. The van der Waals surface area contributed by atoms with Gasteiger partial charge in [0.05, 0.1) is 12.8 Å². The van der Waals surface area contributed by atoms with Crippen molar-refractivity contribution in [2.75, 3.05) is 7.11 Å². The van der Waals surface area contributed by atoms with Crippen molar-refractivity contribution in [1.82, 2.24) is 4.98 Å². The number of oxazole rings is 1. The summed E-state index contributed by atoms with van der Waals surface area (Å²) in [6.45, 7) is 8.01. The van der Waals surface area contributed by atoms with Crippen molar-refractivity contribution in [3.05, 3.63) is 35.7 Å². The van der Waals surface area contributed by atoms with Gasteiger partial charge in [-0.3, -0.25) is 0 Å². The van der Waals surface area contributed by atoms with E-state index < -0.39 is 0 Å². The van der Waals surface area contributed by atoms with E-state index in [0.717, 1.165) is 29.2 Å². The monoisotopic (exact) mass is 247 g/mol. The Kier molecular flexibility index (Phi) is 5.43. The van der Waals surface area contributed by atoms with Crippen LogP contribution in [-0.4, -0.2) is 12.1 Å². The minimum absolute atomic E-state index is 0.660. The van der Waals surface area contributed by atoms with E-state index in [1.807, 2.05) is 45.0 Å². The van der Waals surface area contributed by atoms with E-state index >= 15 is 0 Å². The fraction of sp³-hybridized carbons (Fsp3) is 0.400. The van der Waals surface area contributed by atoms with Gasteiger partial charge in [0.1, 0.15) is 11.5 Å². The second kappa shape index (κ2) is 6.84. The lowest BCUT2D eigenvalue weighted by Gasteiger charge is -2.00. The smallest absolute Gasteiger partial charge is 0.226 e. The maximum atomic E-state index is 5.62. The SMILES string of the molecule is CC.CCc1nc(-c2cccc(OC)c2)oc1C. The largest absolute Gasteiger partial charge is 0.497 e. The number of rotatable bonds is 3. The summed E-state index contributed by atoms with van der Waals surface area (Å²) in [6, 6.07) is 7.72. The normalized spacial score (nSPS) is 9.61. The van der Waals surface area contributed by atoms with E-state index in [4.69, 9.17) is 9.15 Å². The van der Waals surface area contributed by atoms with Crippen molar-refractivity contribution in [1.29, 1.82) is 0 Å². The minimum atomic E-state index is 0.660. The third-order valence-corrected chi connectivity index (χ3v) is 2.54. The van der Waals surface area contributed by atoms with Crippen molar-refractivity contribution in [3.63, 3.8) is 0 Å². The molecule has 3 nitrogen and oxygen atoms in total. The Morgan fingerprint density at radius 2 is 2.00 bits per heavy atom. The van der Waals surface area contributed by atoms with Crippen LogP contribution < -0.4 is 4.74 Å². The summed E-state index contributed by atoms with van der Waals surface area (Å²) in [7, 11) is 1.65. The fourth-order valence-electron chi connectivity index (χ4n) is 1.64. The average molecular weight is 247 g/mol. The molecule has 0 atom stereocenters. The van der Waals surface area contributed by atoms with Crippen molar-refractivity contribution < 1.29 is 9.15 Å². The molecule has 18 heavy (non-hydrogen) atoms. The summed E-state index contributed by atoms with van der Waals surface area (Å²) >= 11 is 0. The van der Waals surface area contributed by atoms with Crippen LogP contribution >= 0.6 is 0 Å². The maximum Gasteiger partial charge on any atom is 0.226 e. The van der Waals surface area contributed by atoms with Crippen LogP contribution in [0.4, 0.5) is 0 Å². The Balaban J connectivity index is 0.000000771. The summed E-state index contributed by atoms with van der Waals surface area (Å²) in [5.41, 5.74) is 1.96. The van der Waals surface area contributed by atoms with Gasteiger partial charge in [0.25, 0.3) is 0 Å². The zero-order valence-corrected chi connectivity index (χ0v) is 11.8. The quantitative estimate of drug-likeness (QED) is 0.813. The molecule has 0 aliphatic heterocycles. The van der Waals surface area contributed by atoms with Crippen LogP contribution in [0.2, 0.25) is 0 Å². The van der Waals surface area contributed by atoms with Crippen LogP contribution in [0.15, 0.2) is 28.7 Å². The molecule has 0 N–H and O–H groups in total. The Hall–Kier alpha value is -1.77. The van der Waals surface area contributed by atoms with E-state index in [1.54, 1.807) is 7.11 Å². The lowest BCUT2D eigenvalue weighted by molar-refractivity contribution is 0.414. The zero-order chi connectivity index (χ0) is 13.5. The Morgan fingerprint density at radius 3 is 2.56 bits per heavy atom. The second-order valence-electron chi connectivity index (χ2n) is 3.61. The molecule has 0 bridgehead atoms. The first-order valence-corrected chi connectivity index (χ1v) is 6.35. The van der Waals surface area contributed by atoms with Crippen LogP contribution in [0.3, 0.4) is 0 Å². The van der Waals surface area contributed by atoms with Gasteiger partial charge in [0, 0.05) is 5.56 Å². The molecule has 0 aliphatic rings. The van der Waals surface area contributed by atoms with Crippen LogP contribution in [0, 0.1) is 6.92 Å². The molecule has 3 heteroatoms. The van der Waals surface area contributed by atoms with E-state index in [2.05, 4.69) is 11.9 Å². The molecule has 0 unspecified atom stereocenters. The number of hydrogen-bond acceptors (Lipinski definition) is 3. The molecule has 2 aromatic rings. The molecule has 0 spiro atoms.